The standard InChI is InChI=1S/C11H19N3O3S/c1-8-9(2)13-17-11(8)14-18(15,16)7-10-5-3-4-6-12-10/h10,12,14H,3-7H2,1-2H3. The molecule has 1 unspecified atom stereocenters. The second kappa shape index (κ2) is 5.27. The van der Waals surface area contributed by atoms with E-state index >= 15 is 0 Å². The maximum absolute atomic E-state index is 12.0. The number of nitrogens with one attached hydrogen (secondary N) is 2. The summed E-state index contributed by atoms with van der Waals surface area (Å²) >= 11 is 0. The van der Waals surface area contributed by atoms with Gasteiger partial charge in [-0.3, -0.25) is 4.72 Å². The third-order valence-electron chi connectivity index (χ3n) is 3.24. The van der Waals surface area contributed by atoms with Crippen LogP contribution in [0.25, 0.3) is 0 Å². The Balaban J connectivity index is 2.00. The van der Waals surface area contributed by atoms with Crippen LogP contribution < -0.4 is 10.0 Å². The predicted molar refractivity (Wildman–Crippen MR) is 69.0 cm³/mol. The van der Waals surface area contributed by atoms with E-state index in [1.54, 1.807) is 13.8 Å². The molecule has 0 aromatic carbocycles. The average molecular weight is 273 g/mol. The monoisotopic (exact) mass is 273 g/mol. The lowest BCUT2D eigenvalue weighted by Crippen LogP contribution is -2.40. The summed E-state index contributed by atoms with van der Waals surface area (Å²) in [6, 6.07) is 0.0283. The average Bonchev–Trinajstić information content (AvgIpc) is 2.61. The summed E-state index contributed by atoms with van der Waals surface area (Å²) in [5.41, 5.74) is 1.43. The van der Waals surface area contributed by atoms with Gasteiger partial charge in [-0.2, -0.15) is 0 Å². The highest BCUT2D eigenvalue weighted by Gasteiger charge is 2.23. The third kappa shape index (κ3) is 3.23. The van der Waals surface area contributed by atoms with Crippen LogP contribution in [0.15, 0.2) is 4.52 Å². The molecule has 102 valence electrons. The lowest BCUT2D eigenvalue weighted by molar-refractivity contribution is 0.421. The van der Waals surface area contributed by atoms with Crippen LogP contribution in [0, 0.1) is 13.8 Å². The topological polar surface area (TPSA) is 84.2 Å². The molecular formula is C11H19N3O3S. The van der Waals surface area contributed by atoms with E-state index in [1.165, 1.54) is 0 Å². The molecule has 0 amide bonds. The highest BCUT2D eigenvalue weighted by molar-refractivity contribution is 7.92. The van der Waals surface area contributed by atoms with E-state index < -0.39 is 10.0 Å². The summed E-state index contributed by atoms with van der Waals surface area (Å²) in [5, 5.41) is 6.94. The first kappa shape index (κ1) is 13.4. The minimum atomic E-state index is -3.39. The lowest BCUT2D eigenvalue weighted by Gasteiger charge is -2.23. The molecule has 0 bridgehead atoms. The SMILES string of the molecule is Cc1noc(NS(=O)(=O)CC2CCCCN2)c1C. The fraction of sp³-hybridized carbons (Fsp3) is 0.727. The van der Waals surface area contributed by atoms with Gasteiger partial charge in [0.05, 0.1) is 11.4 Å². The van der Waals surface area contributed by atoms with Gasteiger partial charge >= 0.3 is 0 Å². The van der Waals surface area contributed by atoms with E-state index in [9.17, 15) is 8.42 Å². The van der Waals surface area contributed by atoms with Gasteiger partial charge < -0.3 is 9.84 Å². The van der Waals surface area contributed by atoms with Crippen LogP contribution in [0.4, 0.5) is 5.88 Å². The van der Waals surface area contributed by atoms with Gasteiger partial charge in [0, 0.05) is 11.6 Å². The Morgan fingerprint density at radius 3 is 2.78 bits per heavy atom. The van der Waals surface area contributed by atoms with Gasteiger partial charge in [-0.1, -0.05) is 11.6 Å². The third-order valence-corrected chi connectivity index (χ3v) is 4.58. The summed E-state index contributed by atoms with van der Waals surface area (Å²) in [6.07, 6.45) is 3.09. The number of aromatic nitrogens is 1. The molecule has 6 nitrogen and oxygen atoms in total. The summed E-state index contributed by atoms with van der Waals surface area (Å²) < 4.78 is 31.4. The zero-order valence-corrected chi connectivity index (χ0v) is 11.5. The fourth-order valence-corrected chi connectivity index (χ4v) is 3.39. The Labute approximate surface area is 107 Å². The molecule has 7 heteroatoms. The molecule has 1 aliphatic rings. The van der Waals surface area contributed by atoms with Gasteiger partial charge in [-0.15, -0.1) is 0 Å². The maximum Gasteiger partial charge on any atom is 0.241 e. The number of aryl methyl sites for hydroxylation is 1. The van der Waals surface area contributed by atoms with Gasteiger partial charge in [-0.05, 0) is 33.2 Å². The van der Waals surface area contributed by atoms with Crippen molar-refractivity contribution in [3.63, 3.8) is 0 Å². The van der Waals surface area contributed by atoms with Crippen molar-refractivity contribution in [2.24, 2.45) is 0 Å². The molecule has 1 aromatic heterocycles. The first-order valence-corrected chi connectivity index (χ1v) is 7.80. The number of hydrogen-bond acceptors (Lipinski definition) is 5. The molecule has 2 N–H and O–H groups in total. The molecule has 2 heterocycles. The molecule has 0 saturated carbocycles. The number of hydrogen-bond donors (Lipinski definition) is 2. The van der Waals surface area contributed by atoms with E-state index in [4.69, 9.17) is 4.52 Å². The van der Waals surface area contributed by atoms with Crippen molar-refractivity contribution in [1.82, 2.24) is 10.5 Å². The number of rotatable bonds is 4. The summed E-state index contributed by atoms with van der Waals surface area (Å²) in [4.78, 5) is 0. The van der Waals surface area contributed by atoms with Crippen molar-refractivity contribution >= 4 is 15.9 Å². The number of anilines is 1. The molecule has 1 saturated heterocycles. The van der Waals surface area contributed by atoms with Crippen LogP contribution in [-0.4, -0.2) is 31.9 Å². The smallest absolute Gasteiger partial charge is 0.241 e. The molecule has 0 aliphatic carbocycles. The lowest BCUT2D eigenvalue weighted by atomic mass is 10.1. The normalized spacial score (nSPS) is 20.9. The maximum atomic E-state index is 12.0. The van der Waals surface area contributed by atoms with Crippen molar-refractivity contribution < 1.29 is 12.9 Å². The fourth-order valence-electron chi connectivity index (χ4n) is 2.02. The van der Waals surface area contributed by atoms with Crippen LogP contribution in [0.5, 0.6) is 0 Å². The molecule has 1 fully saturated rings. The van der Waals surface area contributed by atoms with Crippen molar-refractivity contribution in [1.29, 1.82) is 0 Å². The molecule has 1 aliphatic heterocycles. The summed E-state index contributed by atoms with van der Waals surface area (Å²) in [6.45, 7) is 4.45. The minimum Gasteiger partial charge on any atom is -0.337 e. The number of sulfonamides is 1. The molecule has 0 spiro atoms. The molecule has 1 atom stereocenters. The first-order chi connectivity index (χ1) is 8.48. The van der Waals surface area contributed by atoms with Crippen molar-refractivity contribution in [2.75, 3.05) is 17.0 Å². The Morgan fingerprint density at radius 1 is 1.44 bits per heavy atom. The van der Waals surface area contributed by atoms with Crippen LogP contribution in [0.1, 0.15) is 30.5 Å². The number of piperidine rings is 1. The minimum absolute atomic E-state index is 0.0283. The largest absolute Gasteiger partial charge is 0.337 e. The second-order valence-electron chi connectivity index (χ2n) is 4.75. The first-order valence-electron chi connectivity index (χ1n) is 6.15. The Kier molecular flexibility index (Phi) is 3.91. The molecule has 18 heavy (non-hydrogen) atoms. The van der Waals surface area contributed by atoms with Gasteiger partial charge in [-0.25, -0.2) is 8.42 Å². The highest BCUT2D eigenvalue weighted by Crippen LogP contribution is 2.19. The molecule has 0 radical (unpaired) electrons. The zero-order valence-electron chi connectivity index (χ0n) is 10.7. The van der Waals surface area contributed by atoms with E-state index in [0.29, 0.717) is 5.69 Å². The predicted octanol–water partition coefficient (Wildman–Crippen LogP) is 1.18. The van der Waals surface area contributed by atoms with Gasteiger partial charge in [0.1, 0.15) is 0 Å². The van der Waals surface area contributed by atoms with Crippen molar-refractivity contribution in [2.45, 2.75) is 39.2 Å². The zero-order chi connectivity index (χ0) is 13.2. The van der Waals surface area contributed by atoms with Gasteiger partial charge in [0.2, 0.25) is 15.9 Å². The molecule has 1 aromatic rings. The van der Waals surface area contributed by atoms with Crippen LogP contribution in [0.3, 0.4) is 0 Å². The van der Waals surface area contributed by atoms with E-state index in [0.717, 1.165) is 31.4 Å². The summed E-state index contributed by atoms with van der Waals surface area (Å²) in [7, 11) is -3.39. The van der Waals surface area contributed by atoms with Crippen LogP contribution in [-0.2, 0) is 10.0 Å². The van der Waals surface area contributed by atoms with E-state index in [2.05, 4.69) is 15.2 Å². The van der Waals surface area contributed by atoms with Crippen LogP contribution >= 0.6 is 0 Å². The van der Waals surface area contributed by atoms with E-state index in [-0.39, 0.29) is 17.7 Å². The Bertz CT molecular complexity index is 504. The number of nitrogens with zero attached hydrogens (tertiary/aromatic N) is 1. The second-order valence-corrected chi connectivity index (χ2v) is 6.52. The van der Waals surface area contributed by atoms with Gasteiger partial charge in [0.25, 0.3) is 0 Å². The Morgan fingerprint density at radius 2 is 2.22 bits per heavy atom. The van der Waals surface area contributed by atoms with E-state index in [1.807, 2.05) is 0 Å². The highest BCUT2D eigenvalue weighted by atomic mass is 32.2. The van der Waals surface area contributed by atoms with Crippen LogP contribution in [0.2, 0.25) is 0 Å². The quantitative estimate of drug-likeness (QED) is 0.860. The van der Waals surface area contributed by atoms with Crippen molar-refractivity contribution in [3.8, 4) is 0 Å². The Hall–Kier alpha value is -1.08. The van der Waals surface area contributed by atoms with Crippen molar-refractivity contribution in [3.05, 3.63) is 11.3 Å². The molecular weight excluding hydrogens is 254 g/mol. The summed E-state index contributed by atoms with van der Waals surface area (Å²) in [5.74, 6) is 0.301. The molecule has 2 rings (SSSR count). The van der Waals surface area contributed by atoms with Gasteiger partial charge in [0.15, 0.2) is 0 Å².